The van der Waals surface area contributed by atoms with Crippen molar-refractivity contribution < 1.29 is 24.9 Å². The number of phenols is 2. The summed E-state index contributed by atoms with van der Waals surface area (Å²) in [6.45, 7) is -0.237. The predicted octanol–water partition coefficient (Wildman–Crippen LogP) is 0.840. The molecule has 3 N–H and O–H groups in total. The Hall–Kier alpha value is -1.85. The van der Waals surface area contributed by atoms with Crippen LogP contribution in [0.3, 0.4) is 0 Å². The van der Waals surface area contributed by atoms with Crippen LogP contribution in [0.1, 0.15) is 17.9 Å². The molecule has 1 fully saturated rings. The Bertz CT molecular complexity index is 565. The zero-order chi connectivity index (χ0) is 13.6. The van der Waals surface area contributed by atoms with E-state index in [-0.39, 0.29) is 29.8 Å². The van der Waals surface area contributed by atoms with Gasteiger partial charge in [-0.2, -0.15) is 0 Å². The lowest BCUT2D eigenvalue weighted by Crippen LogP contribution is -2.39. The summed E-state index contributed by atoms with van der Waals surface area (Å²) in [7, 11) is 0. The van der Waals surface area contributed by atoms with Crippen LogP contribution < -0.4 is 0 Å². The number of benzene rings is 1. The highest BCUT2D eigenvalue weighted by molar-refractivity contribution is 5.95. The van der Waals surface area contributed by atoms with Gasteiger partial charge in [0.15, 0.2) is 17.3 Å². The van der Waals surface area contributed by atoms with Gasteiger partial charge >= 0.3 is 0 Å². The topological polar surface area (TPSA) is 87.0 Å². The van der Waals surface area contributed by atoms with Crippen LogP contribution in [0.25, 0.3) is 0 Å². The first-order valence-corrected chi connectivity index (χ1v) is 6.09. The van der Waals surface area contributed by atoms with E-state index < -0.39 is 11.7 Å². The molecule has 1 aromatic carbocycles. The van der Waals surface area contributed by atoms with Gasteiger partial charge in [-0.25, -0.2) is 0 Å². The molecular formula is C14H14O5. The summed E-state index contributed by atoms with van der Waals surface area (Å²) in [5, 5.41) is 28.5. The standard InChI is InChI=1S/C14H14O5/c15-7-14-4-3-11(17)13(19-14)6-9(14)8-1-2-10(16)12(18)5-8/h1-5,9,13,15-16,18H,6-7H2/t9-,13+,14-/m0/s1. The number of phenolic OH excluding ortho intramolecular Hbond substituents is 2. The zero-order valence-corrected chi connectivity index (χ0v) is 10.1. The van der Waals surface area contributed by atoms with E-state index in [9.17, 15) is 20.1 Å². The van der Waals surface area contributed by atoms with Crippen LogP contribution in [0.15, 0.2) is 30.4 Å². The molecule has 1 aromatic rings. The number of aromatic hydroxyl groups is 2. The van der Waals surface area contributed by atoms with Crippen molar-refractivity contribution >= 4 is 5.78 Å². The van der Waals surface area contributed by atoms with E-state index in [0.29, 0.717) is 6.42 Å². The monoisotopic (exact) mass is 262 g/mol. The highest BCUT2D eigenvalue weighted by Crippen LogP contribution is 2.47. The van der Waals surface area contributed by atoms with Crippen LogP contribution >= 0.6 is 0 Å². The summed E-state index contributed by atoms with van der Waals surface area (Å²) in [4.78, 5) is 11.6. The number of aliphatic hydroxyl groups excluding tert-OH is 1. The number of hydrogen-bond donors (Lipinski definition) is 3. The second kappa shape index (κ2) is 4.08. The molecule has 1 saturated heterocycles. The number of rotatable bonds is 2. The SMILES string of the molecule is O=C1C=C[C@@]2(CO)O[C@@H]1C[C@H]2c1ccc(O)c(O)c1. The summed E-state index contributed by atoms with van der Waals surface area (Å²) in [5.74, 6) is -0.746. The molecule has 2 aliphatic rings. The molecule has 5 nitrogen and oxygen atoms in total. The Morgan fingerprint density at radius 1 is 1.32 bits per heavy atom. The largest absolute Gasteiger partial charge is 0.504 e. The van der Waals surface area contributed by atoms with Crippen molar-refractivity contribution in [3.8, 4) is 11.5 Å². The van der Waals surface area contributed by atoms with Crippen molar-refractivity contribution in [2.24, 2.45) is 0 Å². The number of carbonyl (C=O) groups excluding carboxylic acids is 1. The normalized spacial score (nSPS) is 32.8. The molecule has 2 heterocycles. The maximum absolute atomic E-state index is 11.6. The summed E-state index contributed by atoms with van der Waals surface area (Å²) >= 11 is 0. The molecule has 0 radical (unpaired) electrons. The summed E-state index contributed by atoms with van der Waals surface area (Å²) in [6, 6.07) is 4.50. The lowest BCUT2D eigenvalue weighted by molar-refractivity contribution is -0.132. The van der Waals surface area contributed by atoms with Gasteiger partial charge in [0.2, 0.25) is 0 Å². The first kappa shape index (κ1) is 12.2. The van der Waals surface area contributed by atoms with Crippen LogP contribution in [0, 0.1) is 0 Å². The van der Waals surface area contributed by atoms with Crippen molar-refractivity contribution in [3.05, 3.63) is 35.9 Å². The minimum absolute atomic E-state index is 0.102. The number of ketones is 1. The highest BCUT2D eigenvalue weighted by Gasteiger charge is 2.51. The third kappa shape index (κ3) is 1.74. The van der Waals surface area contributed by atoms with Crippen LogP contribution in [0.4, 0.5) is 0 Å². The third-order valence-electron chi connectivity index (χ3n) is 3.90. The second-order valence-corrected chi connectivity index (χ2v) is 4.99. The molecule has 0 amide bonds. The van der Waals surface area contributed by atoms with Crippen LogP contribution in [0.2, 0.25) is 0 Å². The molecule has 2 aliphatic heterocycles. The average molecular weight is 262 g/mol. The Balaban J connectivity index is 2.03. The molecule has 0 unspecified atom stereocenters. The van der Waals surface area contributed by atoms with Gasteiger partial charge in [0.1, 0.15) is 11.7 Å². The van der Waals surface area contributed by atoms with E-state index >= 15 is 0 Å². The van der Waals surface area contributed by atoms with E-state index in [1.807, 2.05) is 0 Å². The van der Waals surface area contributed by atoms with E-state index in [2.05, 4.69) is 0 Å². The molecule has 0 saturated carbocycles. The fourth-order valence-corrected chi connectivity index (χ4v) is 2.84. The van der Waals surface area contributed by atoms with Gasteiger partial charge in [0.25, 0.3) is 0 Å². The second-order valence-electron chi connectivity index (χ2n) is 4.99. The molecule has 0 spiro atoms. The Morgan fingerprint density at radius 2 is 2.11 bits per heavy atom. The van der Waals surface area contributed by atoms with Crippen molar-refractivity contribution in [3.63, 3.8) is 0 Å². The Morgan fingerprint density at radius 3 is 2.79 bits per heavy atom. The minimum atomic E-state index is -0.915. The van der Waals surface area contributed by atoms with Crippen molar-refractivity contribution in [1.82, 2.24) is 0 Å². The molecule has 3 rings (SSSR count). The number of fused-ring (bicyclic) bond motifs is 2. The Kier molecular flexibility index (Phi) is 2.62. The average Bonchev–Trinajstić information content (AvgIpc) is 2.74. The molecule has 0 aliphatic carbocycles. The lowest BCUT2D eigenvalue weighted by Gasteiger charge is -2.31. The van der Waals surface area contributed by atoms with Crippen molar-refractivity contribution in [1.29, 1.82) is 0 Å². The molecule has 2 bridgehead atoms. The smallest absolute Gasteiger partial charge is 0.184 e. The van der Waals surface area contributed by atoms with Crippen molar-refractivity contribution in [2.45, 2.75) is 24.0 Å². The molecule has 0 aromatic heterocycles. The van der Waals surface area contributed by atoms with Gasteiger partial charge in [-0.1, -0.05) is 6.07 Å². The quantitative estimate of drug-likeness (QED) is 0.687. The van der Waals surface area contributed by atoms with Gasteiger partial charge in [-0.05, 0) is 36.3 Å². The van der Waals surface area contributed by atoms with Gasteiger partial charge in [0, 0.05) is 5.92 Å². The van der Waals surface area contributed by atoms with E-state index in [0.717, 1.165) is 5.56 Å². The summed E-state index contributed by atoms with van der Waals surface area (Å²) in [6.07, 6.45) is 2.95. The Labute approximate surface area is 109 Å². The maximum atomic E-state index is 11.6. The molecule has 19 heavy (non-hydrogen) atoms. The van der Waals surface area contributed by atoms with Crippen molar-refractivity contribution in [2.75, 3.05) is 6.61 Å². The molecular weight excluding hydrogens is 248 g/mol. The van der Waals surface area contributed by atoms with Crippen LogP contribution in [-0.2, 0) is 9.53 Å². The summed E-state index contributed by atoms with van der Waals surface area (Å²) < 4.78 is 5.65. The highest BCUT2D eigenvalue weighted by atomic mass is 16.5. The maximum Gasteiger partial charge on any atom is 0.184 e. The number of aliphatic hydroxyl groups is 1. The van der Waals surface area contributed by atoms with E-state index in [1.54, 1.807) is 12.1 Å². The summed E-state index contributed by atoms with van der Waals surface area (Å²) in [5.41, 5.74) is -0.187. The van der Waals surface area contributed by atoms with Gasteiger partial charge in [0.05, 0.1) is 6.61 Å². The first-order valence-electron chi connectivity index (χ1n) is 6.09. The van der Waals surface area contributed by atoms with Crippen LogP contribution in [0.5, 0.6) is 11.5 Å². The minimum Gasteiger partial charge on any atom is -0.504 e. The third-order valence-corrected chi connectivity index (χ3v) is 3.90. The fraction of sp³-hybridized carbons (Fsp3) is 0.357. The number of ether oxygens (including phenoxy) is 1. The molecule has 3 atom stereocenters. The predicted molar refractivity (Wildman–Crippen MR) is 66.0 cm³/mol. The van der Waals surface area contributed by atoms with Gasteiger partial charge in [-0.15, -0.1) is 0 Å². The van der Waals surface area contributed by atoms with Gasteiger partial charge in [-0.3, -0.25) is 4.79 Å². The first-order chi connectivity index (χ1) is 9.05. The molecule has 5 heteroatoms. The lowest BCUT2D eigenvalue weighted by atomic mass is 9.82. The number of hydrogen-bond acceptors (Lipinski definition) is 5. The molecule has 100 valence electrons. The van der Waals surface area contributed by atoms with Crippen LogP contribution in [-0.4, -0.2) is 39.4 Å². The van der Waals surface area contributed by atoms with E-state index in [4.69, 9.17) is 4.74 Å². The van der Waals surface area contributed by atoms with E-state index in [1.165, 1.54) is 18.2 Å². The van der Waals surface area contributed by atoms with Gasteiger partial charge < -0.3 is 20.1 Å². The number of carbonyl (C=O) groups is 1. The zero-order valence-electron chi connectivity index (χ0n) is 10.1. The fourth-order valence-electron chi connectivity index (χ4n) is 2.84.